The summed E-state index contributed by atoms with van der Waals surface area (Å²) in [5.41, 5.74) is 0. The normalized spacial score (nSPS) is 18.0. The Hall–Kier alpha value is -0.660. The summed E-state index contributed by atoms with van der Waals surface area (Å²) in [7, 11) is 0. The maximum absolute atomic E-state index is 2.60. The molecule has 0 amide bonds. The molecule has 1 aliphatic rings. The van der Waals surface area contributed by atoms with Gasteiger partial charge in [-0.05, 0) is 25.7 Å². The second kappa shape index (κ2) is 11.9. The van der Waals surface area contributed by atoms with Gasteiger partial charge in [-0.1, -0.05) is 65.7 Å². The molecule has 0 aliphatic carbocycles. The van der Waals surface area contributed by atoms with E-state index in [4.69, 9.17) is 0 Å². The third-order valence-corrected chi connectivity index (χ3v) is 4.53. The van der Waals surface area contributed by atoms with Crippen molar-refractivity contribution in [3.63, 3.8) is 0 Å². The van der Waals surface area contributed by atoms with Crippen LogP contribution in [0.25, 0.3) is 0 Å². The van der Waals surface area contributed by atoms with Gasteiger partial charge < -0.3 is 9.80 Å². The smallest absolute Gasteiger partial charge is 0.101 e. The molecule has 0 bridgehead atoms. The zero-order valence-corrected chi connectivity index (χ0v) is 14.8. The average molecular weight is 295 g/mol. The predicted molar refractivity (Wildman–Crippen MR) is 94.1 cm³/mol. The number of nitrogens with zero attached hydrogens (tertiary/aromatic N) is 2. The maximum atomic E-state index is 2.60. The van der Waals surface area contributed by atoms with Crippen molar-refractivity contribution in [2.45, 2.75) is 97.6 Å². The molecule has 1 aliphatic heterocycles. The van der Waals surface area contributed by atoms with Crippen molar-refractivity contribution in [1.29, 1.82) is 0 Å². The molecule has 1 heterocycles. The Balaban J connectivity index is 2.27. The van der Waals surface area contributed by atoms with Gasteiger partial charge in [-0.3, -0.25) is 0 Å². The fraction of sp³-hybridized carbons (Fsp3) is 0.895. The van der Waals surface area contributed by atoms with E-state index in [1.54, 1.807) is 0 Å². The third-order valence-electron chi connectivity index (χ3n) is 4.53. The van der Waals surface area contributed by atoms with Gasteiger partial charge in [0.15, 0.2) is 0 Å². The molecule has 0 aromatic carbocycles. The number of hydrogen-bond acceptors (Lipinski definition) is 2. The van der Waals surface area contributed by atoms with E-state index in [0.717, 1.165) is 0 Å². The summed E-state index contributed by atoms with van der Waals surface area (Å²) in [5, 5.41) is 0. The largest absolute Gasteiger partial charge is 0.356 e. The van der Waals surface area contributed by atoms with E-state index in [-0.39, 0.29) is 0 Å². The summed E-state index contributed by atoms with van der Waals surface area (Å²) >= 11 is 0. The van der Waals surface area contributed by atoms with E-state index in [1.165, 1.54) is 83.7 Å². The van der Waals surface area contributed by atoms with Gasteiger partial charge in [0.05, 0.1) is 0 Å². The first-order valence-electron chi connectivity index (χ1n) is 9.53. The van der Waals surface area contributed by atoms with Gasteiger partial charge in [0.1, 0.15) is 6.17 Å². The third kappa shape index (κ3) is 7.24. The fourth-order valence-electron chi connectivity index (χ4n) is 3.25. The molecule has 0 saturated carbocycles. The lowest BCUT2D eigenvalue weighted by molar-refractivity contribution is 0.137. The molecule has 2 heteroatoms. The molecular weight excluding hydrogens is 256 g/mol. The molecule has 0 saturated heterocycles. The van der Waals surface area contributed by atoms with Crippen molar-refractivity contribution in [3.8, 4) is 0 Å². The number of rotatable bonds is 13. The maximum Gasteiger partial charge on any atom is 0.101 e. The lowest BCUT2D eigenvalue weighted by Crippen LogP contribution is -2.39. The molecule has 0 spiro atoms. The molecule has 0 fully saturated rings. The van der Waals surface area contributed by atoms with Gasteiger partial charge >= 0.3 is 0 Å². The molecule has 2 nitrogen and oxygen atoms in total. The van der Waals surface area contributed by atoms with Gasteiger partial charge in [0, 0.05) is 25.5 Å². The van der Waals surface area contributed by atoms with Crippen molar-refractivity contribution < 1.29 is 0 Å². The summed E-state index contributed by atoms with van der Waals surface area (Å²) in [6.07, 6.45) is 20.3. The quantitative estimate of drug-likeness (QED) is 0.399. The predicted octanol–water partition coefficient (Wildman–Crippen LogP) is 5.75. The van der Waals surface area contributed by atoms with E-state index < -0.39 is 0 Å². The first-order chi connectivity index (χ1) is 10.3. The highest BCUT2D eigenvalue weighted by atomic mass is 15.4. The van der Waals surface area contributed by atoms with Crippen LogP contribution in [0.4, 0.5) is 0 Å². The fourth-order valence-corrected chi connectivity index (χ4v) is 3.25. The van der Waals surface area contributed by atoms with Crippen LogP contribution in [0, 0.1) is 0 Å². The van der Waals surface area contributed by atoms with Crippen LogP contribution in [0.1, 0.15) is 91.4 Å². The lowest BCUT2D eigenvalue weighted by atomic mass is 10.1. The summed E-state index contributed by atoms with van der Waals surface area (Å²) in [6, 6.07) is 0. The standard InChI is InChI=1S/C19H38N2/c1-4-7-9-10-11-13-16-21-18-17-20(15-6-3)19(21)14-12-8-5-2/h17-19H,4-16H2,1-3H3. The van der Waals surface area contributed by atoms with Crippen LogP contribution in [0.5, 0.6) is 0 Å². The van der Waals surface area contributed by atoms with Crippen LogP contribution in [-0.4, -0.2) is 29.1 Å². The van der Waals surface area contributed by atoms with Crippen molar-refractivity contribution in [2.75, 3.05) is 13.1 Å². The van der Waals surface area contributed by atoms with E-state index in [1.807, 2.05) is 0 Å². The zero-order valence-electron chi connectivity index (χ0n) is 14.8. The topological polar surface area (TPSA) is 6.48 Å². The van der Waals surface area contributed by atoms with Crippen molar-refractivity contribution in [2.24, 2.45) is 0 Å². The summed E-state index contributed by atoms with van der Waals surface area (Å²) in [5.74, 6) is 0. The molecule has 124 valence electrons. The Morgan fingerprint density at radius 1 is 0.619 bits per heavy atom. The van der Waals surface area contributed by atoms with Crippen molar-refractivity contribution in [3.05, 3.63) is 12.4 Å². The number of unbranched alkanes of at least 4 members (excludes halogenated alkanes) is 7. The van der Waals surface area contributed by atoms with Crippen LogP contribution in [0.2, 0.25) is 0 Å². The van der Waals surface area contributed by atoms with Gasteiger partial charge in [0.25, 0.3) is 0 Å². The van der Waals surface area contributed by atoms with Crippen LogP contribution in [-0.2, 0) is 0 Å². The molecule has 0 radical (unpaired) electrons. The number of hydrogen-bond donors (Lipinski definition) is 0. The SMILES string of the molecule is CCCCCCCCN1C=CN(CCC)C1CCCCC. The average Bonchev–Trinajstić information content (AvgIpc) is 2.86. The van der Waals surface area contributed by atoms with Crippen LogP contribution in [0.15, 0.2) is 12.4 Å². The highest BCUT2D eigenvalue weighted by molar-refractivity contribution is 4.96. The second-order valence-corrected chi connectivity index (χ2v) is 6.52. The van der Waals surface area contributed by atoms with Crippen molar-refractivity contribution >= 4 is 0 Å². The Bertz CT molecular complexity index is 262. The van der Waals surface area contributed by atoms with Crippen molar-refractivity contribution in [1.82, 2.24) is 9.80 Å². The second-order valence-electron chi connectivity index (χ2n) is 6.52. The van der Waals surface area contributed by atoms with Crippen LogP contribution in [0.3, 0.4) is 0 Å². The zero-order chi connectivity index (χ0) is 15.3. The van der Waals surface area contributed by atoms with Gasteiger partial charge in [-0.25, -0.2) is 0 Å². The molecule has 0 aromatic rings. The summed E-state index contributed by atoms with van der Waals surface area (Å²) in [6.45, 7) is 9.33. The summed E-state index contributed by atoms with van der Waals surface area (Å²) < 4.78 is 0. The molecule has 1 rings (SSSR count). The minimum absolute atomic E-state index is 0.646. The molecular formula is C19H38N2. The molecule has 0 N–H and O–H groups in total. The Kier molecular flexibility index (Phi) is 10.5. The van der Waals surface area contributed by atoms with E-state index in [0.29, 0.717) is 6.17 Å². The summed E-state index contributed by atoms with van der Waals surface area (Å²) in [4.78, 5) is 5.16. The van der Waals surface area contributed by atoms with Gasteiger partial charge in [-0.2, -0.15) is 0 Å². The van der Waals surface area contributed by atoms with E-state index in [2.05, 4.69) is 43.0 Å². The Morgan fingerprint density at radius 3 is 1.86 bits per heavy atom. The lowest BCUT2D eigenvalue weighted by Gasteiger charge is -2.33. The Morgan fingerprint density at radius 2 is 1.19 bits per heavy atom. The van der Waals surface area contributed by atoms with E-state index >= 15 is 0 Å². The van der Waals surface area contributed by atoms with Crippen LogP contribution >= 0.6 is 0 Å². The molecule has 21 heavy (non-hydrogen) atoms. The van der Waals surface area contributed by atoms with Gasteiger partial charge in [-0.15, -0.1) is 0 Å². The highest BCUT2D eigenvalue weighted by Crippen LogP contribution is 2.22. The molecule has 0 aromatic heterocycles. The monoisotopic (exact) mass is 294 g/mol. The van der Waals surface area contributed by atoms with E-state index in [9.17, 15) is 0 Å². The first kappa shape index (κ1) is 18.4. The molecule has 1 unspecified atom stereocenters. The first-order valence-corrected chi connectivity index (χ1v) is 9.53. The minimum Gasteiger partial charge on any atom is -0.356 e. The van der Waals surface area contributed by atoms with Gasteiger partial charge in [0.2, 0.25) is 0 Å². The Labute approximate surface area is 133 Å². The minimum atomic E-state index is 0.646. The molecule has 1 atom stereocenters. The van der Waals surface area contributed by atoms with Crippen LogP contribution < -0.4 is 0 Å². The highest BCUT2D eigenvalue weighted by Gasteiger charge is 2.24.